The third-order valence-corrected chi connectivity index (χ3v) is 1.36. The van der Waals surface area contributed by atoms with Gasteiger partial charge in [0.1, 0.15) is 5.75 Å². The van der Waals surface area contributed by atoms with E-state index < -0.39 is 8.25 Å². The third-order valence-electron chi connectivity index (χ3n) is 0.948. The molecule has 0 heterocycles. The molecule has 1 rings (SSSR count). The standard InChI is InChI=1S/C6H7O3P.C3H8/c7-10(8)9-6-4-2-1-3-5-6;1-3-2/h1-5,10H,(H,7,8);3H2,1-2H3. The lowest BCUT2D eigenvalue weighted by Crippen LogP contribution is -1.77. The van der Waals surface area contributed by atoms with Crippen LogP contribution in [0.2, 0.25) is 0 Å². The lowest BCUT2D eigenvalue weighted by molar-refractivity contribution is 0.410. The molecule has 1 N–H and O–H groups in total. The molecule has 0 radical (unpaired) electrons. The van der Waals surface area contributed by atoms with Gasteiger partial charge in [-0.1, -0.05) is 38.5 Å². The van der Waals surface area contributed by atoms with Gasteiger partial charge in [0.25, 0.3) is 0 Å². The van der Waals surface area contributed by atoms with Gasteiger partial charge in [0.15, 0.2) is 0 Å². The van der Waals surface area contributed by atoms with E-state index in [1.807, 2.05) is 0 Å². The number of hydrogen-bond donors (Lipinski definition) is 1. The van der Waals surface area contributed by atoms with Crippen LogP contribution in [-0.4, -0.2) is 4.89 Å². The number of hydrogen-bond acceptors (Lipinski definition) is 2. The van der Waals surface area contributed by atoms with Gasteiger partial charge in [0, 0.05) is 0 Å². The summed E-state index contributed by atoms with van der Waals surface area (Å²) in [7, 11) is -2.84. The van der Waals surface area contributed by atoms with Gasteiger partial charge in [-0.3, -0.25) is 0 Å². The lowest BCUT2D eigenvalue weighted by Gasteiger charge is -1.98. The van der Waals surface area contributed by atoms with Crippen molar-refractivity contribution in [2.45, 2.75) is 20.3 Å². The predicted molar refractivity (Wildman–Crippen MR) is 54.3 cm³/mol. The number of para-hydroxylation sites is 1. The highest BCUT2D eigenvalue weighted by Gasteiger charge is 1.92. The van der Waals surface area contributed by atoms with Crippen LogP contribution in [0, 0.1) is 0 Å². The smallest absolute Gasteiger partial charge is 0.365 e. The van der Waals surface area contributed by atoms with Crippen molar-refractivity contribution >= 4 is 8.25 Å². The molecule has 0 aliphatic rings. The van der Waals surface area contributed by atoms with Crippen molar-refractivity contribution in [3.63, 3.8) is 0 Å². The summed E-state index contributed by atoms with van der Waals surface area (Å²) in [4.78, 5) is 8.33. The molecule has 0 aliphatic carbocycles. The fourth-order valence-corrected chi connectivity index (χ4v) is 0.927. The van der Waals surface area contributed by atoms with Gasteiger partial charge < -0.3 is 9.42 Å². The van der Waals surface area contributed by atoms with Crippen molar-refractivity contribution in [3.8, 4) is 5.75 Å². The van der Waals surface area contributed by atoms with Crippen LogP contribution in [0.3, 0.4) is 0 Å². The van der Waals surface area contributed by atoms with Crippen molar-refractivity contribution in [2.24, 2.45) is 0 Å². The average molecular weight is 202 g/mol. The summed E-state index contributed by atoms with van der Waals surface area (Å²) >= 11 is 0. The van der Waals surface area contributed by atoms with Gasteiger partial charge in [0.2, 0.25) is 0 Å². The van der Waals surface area contributed by atoms with Crippen molar-refractivity contribution in [1.29, 1.82) is 0 Å². The fraction of sp³-hybridized carbons (Fsp3) is 0.333. The van der Waals surface area contributed by atoms with Gasteiger partial charge in [-0.05, 0) is 12.1 Å². The Bertz CT molecular complexity index is 236. The minimum absolute atomic E-state index is 0.425. The Kier molecular flexibility index (Phi) is 7.36. The normalized spacial score (nSPS) is 11.0. The maximum atomic E-state index is 10.1. The van der Waals surface area contributed by atoms with E-state index in [0.717, 1.165) is 0 Å². The van der Waals surface area contributed by atoms with Crippen LogP contribution < -0.4 is 4.52 Å². The molecule has 0 aliphatic heterocycles. The molecule has 0 aromatic heterocycles. The van der Waals surface area contributed by atoms with Crippen molar-refractivity contribution in [1.82, 2.24) is 0 Å². The molecule has 13 heavy (non-hydrogen) atoms. The van der Waals surface area contributed by atoms with E-state index in [0.29, 0.717) is 5.75 Å². The predicted octanol–water partition coefficient (Wildman–Crippen LogP) is 2.86. The number of rotatable bonds is 2. The Morgan fingerprint density at radius 2 is 1.77 bits per heavy atom. The molecule has 0 amide bonds. The van der Waals surface area contributed by atoms with Crippen LogP contribution in [0.25, 0.3) is 0 Å². The molecule has 0 spiro atoms. The van der Waals surface area contributed by atoms with Crippen molar-refractivity contribution < 1.29 is 14.0 Å². The molecular formula is C9H15O3P. The summed E-state index contributed by atoms with van der Waals surface area (Å²) in [6.07, 6.45) is 1.25. The van der Waals surface area contributed by atoms with Gasteiger partial charge in [-0.25, -0.2) is 4.57 Å². The summed E-state index contributed by atoms with van der Waals surface area (Å²) in [5.74, 6) is 0.425. The van der Waals surface area contributed by atoms with E-state index >= 15 is 0 Å². The van der Waals surface area contributed by atoms with Crippen LogP contribution in [0.4, 0.5) is 0 Å². The Labute approximate surface area is 79.3 Å². The fourth-order valence-electron chi connectivity index (χ4n) is 0.589. The second-order valence-electron chi connectivity index (χ2n) is 2.39. The molecular weight excluding hydrogens is 187 g/mol. The largest absolute Gasteiger partial charge is 0.426 e. The Balaban J connectivity index is 0.000000424. The monoisotopic (exact) mass is 202 g/mol. The highest BCUT2D eigenvalue weighted by molar-refractivity contribution is 7.32. The van der Waals surface area contributed by atoms with Gasteiger partial charge >= 0.3 is 8.25 Å². The van der Waals surface area contributed by atoms with E-state index in [2.05, 4.69) is 18.4 Å². The summed E-state index contributed by atoms with van der Waals surface area (Å²) < 4.78 is 14.6. The lowest BCUT2D eigenvalue weighted by atomic mass is 10.3. The molecule has 0 saturated carbocycles. The Hall–Kier alpha value is -0.790. The molecule has 4 heteroatoms. The van der Waals surface area contributed by atoms with Crippen LogP contribution >= 0.6 is 8.25 Å². The highest BCUT2D eigenvalue weighted by atomic mass is 31.1. The van der Waals surface area contributed by atoms with Crippen LogP contribution in [-0.2, 0) is 4.57 Å². The second kappa shape index (κ2) is 7.84. The molecule has 0 saturated heterocycles. The molecule has 1 atom stereocenters. The zero-order chi connectivity index (χ0) is 10.1. The SMILES string of the molecule is CCC.O=[PH](O)Oc1ccccc1. The first-order chi connectivity index (χ1) is 6.20. The first kappa shape index (κ1) is 12.2. The summed E-state index contributed by atoms with van der Waals surface area (Å²) in [6.45, 7) is 4.25. The summed E-state index contributed by atoms with van der Waals surface area (Å²) in [5.41, 5.74) is 0. The molecule has 74 valence electrons. The zero-order valence-corrected chi connectivity index (χ0v) is 8.86. The Morgan fingerprint density at radius 1 is 1.31 bits per heavy atom. The van der Waals surface area contributed by atoms with Gasteiger partial charge in [-0.2, -0.15) is 0 Å². The number of benzene rings is 1. The maximum absolute atomic E-state index is 10.1. The quantitative estimate of drug-likeness (QED) is 0.750. The van der Waals surface area contributed by atoms with Gasteiger partial charge in [-0.15, -0.1) is 0 Å². The molecule has 1 unspecified atom stereocenters. The van der Waals surface area contributed by atoms with E-state index in [9.17, 15) is 4.57 Å². The van der Waals surface area contributed by atoms with Crippen LogP contribution in [0.5, 0.6) is 5.75 Å². The van der Waals surface area contributed by atoms with E-state index in [1.54, 1.807) is 30.3 Å². The van der Waals surface area contributed by atoms with Crippen molar-refractivity contribution in [3.05, 3.63) is 30.3 Å². The Morgan fingerprint density at radius 3 is 2.15 bits per heavy atom. The first-order valence-corrected chi connectivity index (χ1v) is 5.42. The highest BCUT2D eigenvalue weighted by Crippen LogP contribution is 2.21. The molecule has 1 aromatic rings. The van der Waals surface area contributed by atoms with E-state index in [-0.39, 0.29) is 0 Å². The second-order valence-corrected chi connectivity index (χ2v) is 3.12. The topological polar surface area (TPSA) is 46.5 Å². The minimum Gasteiger partial charge on any atom is -0.426 e. The zero-order valence-electron chi connectivity index (χ0n) is 7.86. The van der Waals surface area contributed by atoms with Gasteiger partial charge in [0.05, 0.1) is 0 Å². The molecule has 0 bridgehead atoms. The molecule has 1 aromatic carbocycles. The van der Waals surface area contributed by atoms with Crippen LogP contribution in [0.1, 0.15) is 20.3 Å². The van der Waals surface area contributed by atoms with E-state index in [1.165, 1.54) is 6.42 Å². The minimum atomic E-state index is -2.84. The summed E-state index contributed by atoms with van der Waals surface area (Å²) in [6, 6.07) is 8.53. The van der Waals surface area contributed by atoms with E-state index in [4.69, 9.17) is 4.89 Å². The third kappa shape index (κ3) is 7.57. The molecule has 3 nitrogen and oxygen atoms in total. The first-order valence-electron chi connectivity index (χ1n) is 4.16. The summed E-state index contributed by atoms with van der Waals surface area (Å²) in [5, 5.41) is 0. The van der Waals surface area contributed by atoms with Crippen LogP contribution in [0.15, 0.2) is 30.3 Å². The van der Waals surface area contributed by atoms with Crippen molar-refractivity contribution in [2.75, 3.05) is 0 Å². The maximum Gasteiger partial charge on any atom is 0.365 e. The average Bonchev–Trinajstić information content (AvgIpc) is 2.06. The molecule has 0 fully saturated rings.